The van der Waals surface area contributed by atoms with Crippen molar-refractivity contribution in [3.05, 3.63) is 18.0 Å². The van der Waals surface area contributed by atoms with Crippen LogP contribution in [0, 0.1) is 0 Å². The molecule has 1 fully saturated rings. The lowest BCUT2D eigenvalue weighted by atomic mass is 10.1. The van der Waals surface area contributed by atoms with Gasteiger partial charge in [0.1, 0.15) is 0 Å². The molecular formula is C12H21N3S. The number of rotatable bonds is 6. The summed E-state index contributed by atoms with van der Waals surface area (Å²) >= 11 is 2.07. The van der Waals surface area contributed by atoms with Gasteiger partial charge in [0.05, 0.1) is 6.20 Å². The molecule has 0 radical (unpaired) electrons. The Bertz CT molecular complexity index is 305. The Labute approximate surface area is 102 Å². The van der Waals surface area contributed by atoms with Gasteiger partial charge in [-0.2, -0.15) is 16.9 Å². The Balaban J connectivity index is 1.51. The first-order valence-corrected chi connectivity index (χ1v) is 7.29. The SMILES string of the molecule is Cn1cc(CCCCNC2CCSC2)cn1. The van der Waals surface area contributed by atoms with Crippen molar-refractivity contribution in [2.75, 3.05) is 18.1 Å². The number of nitrogens with one attached hydrogen (secondary N) is 1. The van der Waals surface area contributed by atoms with E-state index < -0.39 is 0 Å². The predicted octanol–water partition coefficient (Wildman–Crippen LogP) is 1.84. The highest BCUT2D eigenvalue weighted by Crippen LogP contribution is 2.16. The minimum Gasteiger partial charge on any atom is -0.313 e. The van der Waals surface area contributed by atoms with Gasteiger partial charge in [-0.05, 0) is 43.5 Å². The zero-order chi connectivity index (χ0) is 11.2. The van der Waals surface area contributed by atoms with Crippen LogP contribution in [0.25, 0.3) is 0 Å². The van der Waals surface area contributed by atoms with Crippen LogP contribution >= 0.6 is 11.8 Å². The maximum atomic E-state index is 4.18. The third-order valence-corrected chi connectivity index (χ3v) is 4.18. The van der Waals surface area contributed by atoms with Gasteiger partial charge in [-0.15, -0.1) is 0 Å². The molecule has 0 aliphatic carbocycles. The molecule has 2 rings (SSSR count). The number of nitrogens with zero attached hydrogens (tertiary/aromatic N) is 2. The number of hydrogen-bond donors (Lipinski definition) is 1. The summed E-state index contributed by atoms with van der Waals surface area (Å²) in [6, 6.07) is 0.781. The largest absolute Gasteiger partial charge is 0.313 e. The summed E-state index contributed by atoms with van der Waals surface area (Å²) in [7, 11) is 1.98. The second-order valence-corrected chi connectivity index (χ2v) is 5.64. The van der Waals surface area contributed by atoms with Crippen molar-refractivity contribution in [1.29, 1.82) is 0 Å². The average Bonchev–Trinajstić information content (AvgIpc) is 2.89. The Kier molecular flexibility index (Phi) is 4.72. The van der Waals surface area contributed by atoms with Crippen LogP contribution in [-0.4, -0.2) is 33.9 Å². The standard InChI is InChI=1S/C12H21N3S/c1-15-9-11(8-14-15)4-2-3-6-13-12-5-7-16-10-12/h8-9,12-13H,2-7,10H2,1H3. The molecule has 1 saturated heterocycles. The van der Waals surface area contributed by atoms with E-state index in [4.69, 9.17) is 0 Å². The molecule has 2 heterocycles. The molecule has 1 aliphatic heterocycles. The molecule has 90 valence electrons. The van der Waals surface area contributed by atoms with Gasteiger partial charge in [-0.1, -0.05) is 0 Å². The van der Waals surface area contributed by atoms with Crippen molar-refractivity contribution in [1.82, 2.24) is 15.1 Å². The Morgan fingerprint density at radius 2 is 2.50 bits per heavy atom. The average molecular weight is 239 g/mol. The molecular weight excluding hydrogens is 218 g/mol. The van der Waals surface area contributed by atoms with E-state index in [0.717, 1.165) is 12.5 Å². The van der Waals surface area contributed by atoms with Gasteiger partial charge in [-0.25, -0.2) is 0 Å². The molecule has 0 saturated carbocycles. The Hall–Kier alpha value is -0.480. The van der Waals surface area contributed by atoms with E-state index in [1.54, 1.807) is 0 Å². The lowest BCUT2D eigenvalue weighted by molar-refractivity contribution is 0.535. The summed E-state index contributed by atoms with van der Waals surface area (Å²) in [6.07, 6.45) is 9.14. The fraction of sp³-hybridized carbons (Fsp3) is 0.750. The molecule has 3 nitrogen and oxygen atoms in total. The van der Waals surface area contributed by atoms with Gasteiger partial charge in [-0.3, -0.25) is 4.68 Å². The predicted molar refractivity (Wildman–Crippen MR) is 69.9 cm³/mol. The molecule has 4 heteroatoms. The monoisotopic (exact) mass is 239 g/mol. The lowest BCUT2D eigenvalue weighted by Crippen LogP contribution is -2.29. The molecule has 0 aromatic carbocycles. The van der Waals surface area contributed by atoms with Gasteiger partial charge in [0.2, 0.25) is 0 Å². The van der Waals surface area contributed by atoms with Crippen LogP contribution in [0.1, 0.15) is 24.8 Å². The van der Waals surface area contributed by atoms with E-state index in [9.17, 15) is 0 Å². The van der Waals surface area contributed by atoms with Crippen LogP contribution < -0.4 is 5.32 Å². The van der Waals surface area contributed by atoms with E-state index >= 15 is 0 Å². The highest BCUT2D eigenvalue weighted by molar-refractivity contribution is 7.99. The molecule has 1 aliphatic rings. The normalized spacial score (nSPS) is 20.4. The van der Waals surface area contributed by atoms with Crippen molar-refractivity contribution in [2.24, 2.45) is 7.05 Å². The van der Waals surface area contributed by atoms with Crippen LogP contribution in [0.15, 0.2) is 12.4 Å². The molecule has 16 heavy (non-hydrogen) atoms. The first kappa shape index (κ1) is 12.0. The lowest BCUT2D eigenvalue weighted by Gasteiger charge is -2.10. The number of aryl methyl sites for hydroxylation is 2. The van der Waals surface area contributed by atoms with Crippen LogP contribution in [0.4, 0.5) is 0 Å². The number of unbranched alkanes of at least 4 members (excludes halogenated alkanes) is 1. The Morgan fingerprint density at radius 3 is 3.19 bits per heavy atom. The molecule has 1 aromatic heterocycles. The highest BCUT2D eigenvalue weighted by atomic mass is 32.2. The summed E-state index contributed by atoms with van der Waals surface area (Å²) in [5, 5.41) is 7.81. The van der Waals surface area contributed by atoms with Crippen LogP contribution in [-0.2, 0) is 13.5 Å². The third kappa shape index (κ3) is 3.83. The summed E-state index contributed by atoms with van der Waals surface area (Å²) in [5.74, 6) is 2.65. The van der Waals surface area contributed by atoms with Crippen molar-refractivity contribution >= 4 is 11.8 Å². The highest BCUT2D eigenvalue weighted by Gasteiger charge is 2.13. The van der Waals surface area contributed by atoms with E-state index in [2.05, 4.69) is 28.4 Å². The number of thioether (sulfide) groups is 1. The zero-order valence-corrected chi connectivity index (χ0v) is 10.8. The van der Waals surface area contributed by atoms with Gasteiger partial charge in [0.15, 0.2) is 0 Å². The minimum absolute atomic E-state index is 0.781. The summed E-state index contributed by atoms with van der Waals surface area (Å²) < 4.78 is 1.88. The molecule has 1 unspecified atom stereocenters. The zero-order valence-electron chi connectivity index (χ0n) is 9.98. The van der Waals surface area contributed by atoms with Crippen molar-refractivity contribution in [3.8, 4) is 0 Å². The first-order valence-electron chi connectivity index (χ1n) is 6.13. The van der Waals surface area contributed by atoms with Crippen molar-refractivity contribution < 1.29 is 0 Å². The summed E-state index contributed by atoms with van der Waals surface area (Å²) in [4.78, 5) is 0. The number of aromatic nitrogens is 2. The smallest absolute Gasteiger partial charge is 0.0521 e. The van der Waals surface area contributed by atoms with Crippen LogP contribution in [0.3, 0.4) is 0 Å². The van der Waals surface area contributed by atoms with Crippen molar-refractivity contribution in [2.45, 2.75) is 31.7 Å². The quantitative estimate of drug-likeness (QED) is 0.768. The second kappa shape index (κ2) is 6.30. The third-order valence-electron chi connectivity index (χ3n) is 3.01. The fourth-order valence-electron chi connectivity index (χ4n) is 2.06. The summed E-state index contributed by atoms with van der Waals surface area (Å²) in [6.45, 7) is 1.17. The van der Waals surface area contributed by atoms with Gasteiger partial charge in [0.25, 0.3) is 0 Å². The summed E-state index contributed by atoms with van der Waals surface area (Å²) in [5.41, 5.74) is 1.36. The van der Waals surface area contributed by atoms with Gasteiger partial charge >= 0.3 is 0 Å². The molecule has 1 aromatic rings. The van der Waals surface area contributed by atoms with Gasteiger partial charge in [0, 0.05) is 25.0 Å². The maximum Gasteiger partial charge on any atom is 0.0521 e. The van der Waals surface area contributed by atoms with E-state index in [1.807, 2.05) is 17.9 Å². The van der Waals surface area contributed by atoms with E-state index in [0.29, 0.717) is 0 Å². The Morgan fingerprint density at radius 1 is 1.56 bits per heavy atom. The second-order valence-electron chi connectivity index (χ2n) is 4.49. The van der Waals surface area contributed by atoms with Crippen LogP contribution in [0.2, 0.25) is 0 Å². The number of hydrogen-bond acceptors (Lipinski definition) is 3. The fourth-order valence-corrected chi connectivity index (χ4v) is 3.24. The molecule has 1 atom stereocenters. The van der Waals surface area contributed by atoms with E-state index in [1.165, 1.54) is 42.9 Å². The molecule has 0 spiro atoms. The topological polar surface area (TPSA) is 29.9 Å². The minimum atomic E-state index is 0.781. The maximum absolute atomic E-state index is 4.18. The van der Waals surface area contributed by atoms with Crippen molar-refractivity contribution in [3.63, 3.8) is 0 Å². The first-order chi connectivity index (χ1) is 7.84. The van der Waals surface area contributed by atoms with Crippen LogP contribution in [0.5, 0.6) is 0 Å². The molecule has 1 N–H and O–H groups in total. The van der Waals surface area contributed by atoms with E-state index in [-0.39, 0.29) is 0 Å². The van der Waals surface area contributed by atoms with Gasteiger partial charge < -0.3 is 5.32 Å². The molecule has 0 amide bonds. The molecule has 0 bridgehead atoms.